The van der Waals surface area contributed by atoms with Crippen LogP contribution in [0.1, 0.15) is 29.7 Å². The summed E-state index contributed by atoms with van der Waals surface area (Å²) in [4.78, 5) is 11.6. The summed E-state index contributed by atoms with van der Waals surface area (Å²) < 4.78 is 1.06. The molecule has 0 saturated heterocycles. The molecule has 0 radical (unpaired) electrons. The van der Waals surface area contributed by atoms with Gasteiger partial charge in [0.25, 0.3) is 0 Å². The van der Waals surface area contributed by atoms with Crippen LogP contribution in [0, 0.1) is 6.92 Å². The van der Waals surface area contributed by atoms with Crippen molar-refractivity contribution in [2.24, 2.45) is 0 Å². The number of hydrogen-bond acceptors (Lipinski definition) is 2. The van der Waals surface area contributed by atoms with Gasteiger partial charge in [0.2, 0.25) is 0 Å². The number of aryl methyl sites for hydroxylation is 1. The fraction of sp³-hybridized carbons (Fsp3) is 0.444. The van der Waals surface area contributed by atoms with E-state index in [4.69, 9.17) is 5.11 Å². The smallest absolute Gasteiger partial charge is 0.303 e. The average Bonchev–Trinajstić information content (AvgIpc) is 2.31. The van der Waals surface area contributed by atoms with Gasteiger partial charge < -0.3 is 5.11 Å². The molecule has 0 aromatic carbocycles. The van der Waals surface area contributed by atoms with E-state index in [-0.39, 0.29) is 12.3 Å². The SMILES string of the molecule is Cc1csc(C(C)CC(=O)O)c1Br. The third kappa shape index (κ3) is 2.54. The summed E-state index contributed by atoms with van der Waals surface area (Å²) in [5.41, 5.74) is 1.18. The Morgan fingerprint density at radius 2 is 2.38 bits per heavy atom. The lowest BCUT2D eigenvalue weighted by Gasteiger charge is -2.06. The first-order valence-corrected chi connectivity index (χ1v) is 5.65. The fourth-order valence-corrected chi connectivity index (χ4v) is 3.08. The van der Waals surface area contributed by atoms with E-state index < -0.39 is 5.97 Å². The van der Waals surface area contributed by atoms with Crippen LogP contribution in [0.2, 0.25) is 0 Å². The van der Waals surface area contributed by atoms with E-state index in [9.17, 15) is 4.79 Å². The monoisotopic (exact) mass is 262 g/mol. The number of carboxylic acids is 1. The third-order valence-electron chi connectivity index (χ3n) is 1.85. The molecule has 72 valence electrons. The molecule has 0 aliphatic rings. The molecule has 1 aromatic rings. The van der Waals surface area contributed by atoms with E-state index in [0.717, 1.165) is 9.35 Å². The molecule has 13 heavy (non-hydrogen) atoms. The van der Waals surface area contributed by atoms with Crippen LogP contribution in [0.15, 0.2) is 9.85 Å². The summed E-state index contributed by atoms with van der Waals surface area (Å²) in [6.07, 6.45) is 0.193. The first-order valence-electron chi connectivity index (χ1n) is 3.97. The minimum absolute atomic E-state index is 0.0885. The molecular weight excluding hydrogens is 252 g/mol. The molecule has 0 spiro atoms. The largest absolute Gasteiger partial charge is 0.481 e. The predicted molar refractivity (Wildman–Crippen MR) is 57.4 cm³/mol. The molecule has 0 fully saturated rings. The highest BCUT2D eigenvalue weighted by Crippen LogP contribution is 2.35. The maximum Gasteiger partial charge on any atom is 0.303 e. The van der Waals surface area contributed by atoms with Crippen LogP contribution in [0.5, 0.6) is 0 Å². The molecule has 1 N–H and O–H groups in total. The Labute approximate surface area is 89.7 Å². The van der Waals surface area contributed by atoms with Crippen molar-refractivity contribution in [1.29, 1.82) is 0 Å². The van der Waals surface area contributed by atoms with Crippen LogP contribution < -0.4 is 0 Å². The number of rotatable bonds is 3. The quantitative estimate of drug-likeness (QED) is 0.907. The zero-order chi connectivity index (χ0) is 10.0. The second kappa shape index (κ2) is 4.24. The van der Waals surface area contributed by atoms with Crippen molar-refractivity contribution in [3.63, 3.8) is 0 Å². The predicted octanol–water partition coefficient (Wildman–Crippen LogP) is 3.40. The summed E-state index contributed by atoms with van der Waals surface area (Å²) >= 11 is 5.07. The summed E-state index contributed by atoms with van der Waals surface area (Å²) in [6.45, 7) is 3.95. The van der Waals surface area contributed by atoms with Gasteiger partial charge in [0, 0.05) is 15.3 Å². The first-order chi connectivity index (χ1) is 6.02. The van der Waals surface area contributed by atoms with E-state index in [2.05, 4.69) is 15.9 Å². The maximum absolute atomic E-state index is 10.5. The highest BCUT2D eigenvalue weighted by molar-refractivity contribution is 9.10. The highest BCUT2D eigenvalue weighted by Gasteiger charge is 2.15. The van der Waals surface area contributed by atoms with Crippen LogP contribution in [0.3, 0.4) is 0 Å². The van der Waals surface area contributed by atoms with E-state index in [1.54, 1.807) is 11.3 Å². The Morgan fingerprint density at radius 1 is 1.77 bits per heavy atom. The van der Waals surface area contributed by atoms with Gasteiger partial charge in [0.15, 0.2) is 0 Å². The van der Waals surface area contributed by atoms with Crippen molar-refractivity contribution in [3.05, 3.63) is 20.3 Å². The number of aliphatic carboxylic acids is 1. The van der Waals surface area contributed by atoms with Crippen molar-refractivity contribution < 1.29 is 9.90 Å². The average molecular weight is 263 g/mol. The zero-order valence-electron chi connectivity index (χ0n) is 7.50. The highest BCUT2D eigenvalue weighted by atomic mass is 79.9. The molecule has 2 nitrogen and oxygen atoms in total. The summed E-state index contributed by atoms with van der Waals surface area (Å²) in [7, 11) is 0. The van der Waals surface area contributed by atoms with E-state index in [1.165, 1.54) is 5.56 Å². The summed E-state index contributed by atoms with van der Waals surface area (Å²) in [6, 6.07) is 0. The molecule has 1 rings (SSSR count). The lowest BCUT2D eigenvalue weighted by molar-refractivity contribution is -0.137. The van der Waals surface area contributed by atoms with E-state index in [1.807, 2.05) is 19.2 Å². The maximum atomic E-state index is 10.5. The van der Waals surface area contributed by atoms with Gasteiger partial charge in [-0.1, -0.05) is 6.92 Å². The van der Waals surface area contributed by atoms with Crippen molar-refractivity contribution in [2.45, 2.75) is 26.2 Å². The van der Waals surface area contributed by atoms with E-state index in [0.29, 0.717) is 0 Å². The van der Waals surface area contributed by atoms with Gasteiger partial charge >= 0.3 is 5.97 Å². The molecule has 0 aliphatic carbocycles. The van der Waals surface area contributed by atoms with Crippen LogP contribution in [-0.2, 0) is 4.79 Å². The first kappa shape index (κ1) is 10.7. The van der Waals surface area contributed by atoms with Crippen molar-refractivity contribution >= 4 is 33.2 Å². The molecule has 0 amide bonds. The molecular formula is C9H11BrO2S. The molecule has 1 unspecified atom stereocenters. The lowest BCUT2D eigenvalue weighted by atomic mass is 10.1. The topological polar surface area (TPSA) is 37.3 Å². The van der Waals surface area contributed by atoms with Gasteiger partial charge in [-0.05, 0) is 33.8 Å². The number of thiophene rings is 1. The number of carboxylic acid groups (broad SMARTS) is 1. The van der Waals surface area contributed by atoms with Crippen molar-refractivity contribution in [1.82, 2.24) is 0 Å². The Balaban J connectivity index is 2.82. The molecule has 0 saturated carbocycles. The van der Waals surface area contributed by atoms with Crippen molar-refractivity contribution in [2.75, 3.05) is 0 Å². The minimum atomic E-state index is -0.745. The number of hydrogen-bond donors (Lipinski definition) is 1. The zero-order valence-corrected chi connectivity index (χ0v) is 9.91. The van der Waals surface area contributed by atoms with Crippen LogP contribution in [0.4, 0.5) is 0 Å². The second-order valence-electron chi connectivity index (χ2n) is 3.10. The molecule has 1 heterocycles. The summed E-state index contributed by atoms with van der Waals surface area (Å²) in [5, 5.41) is 10.7. The molecule has 0 aliphatic heterocycles. The Morgan fingerprint density at radius 3 is 2.77 bits per heavy atom. The summed E-state index contributed by atoms with van der Waals surface area (Å²) in [5.74, 6) is -0.656. The minimum Gasteiger partial charge on any atom is -0.481 e. The van der Waals surface area contributed by atoms with Gasteiger partial charge in [-0.25, -0.2) is 0 Å². The standard InChI is InChI=1S/C9H11BrO2S/c1-5(3-7(11)12)9-8(10)6(2)4-13-9/h4-5H,3H2,1-2H3,(H,11,12). The van der Waals surface area contributed by atoms with Gasteiger partial charge in [0.1, 0.15) is 0 Å². The van der Waals surface area contributed by atoms with Crippen LogP contribution in [0.25, 0.3) is 0 Å². The molecule has 1 aromatic heterocycles. The van der Waals surface area contributed by atoms with E-state index >= 15 is 0 Å². The molecule has 4 heteroatoms. The molecule has 1 atom stereocenters. The van der Waals surface area contributed by atoms with Gasteiger partial charge in [-0.15, -0.1) is 11.3 Å². The lowest BCUT2D eigenvalue weighted by Crippen LogP contribution is -2.01. The van der Waals surface area contributed by atoms with Gasteiger partial charge in [0.05, 0.1) is 6.42 Å². The van der Waals surface area contributed by atoms with Crippen LogP contribution in [-0.4, -0.2) is 11.1 Å². The normalized spacial score (nSPS) is 12.8. The van der Waals surface area contributed by atoms with Crippen molar-refractivity contribution in [3.8, 4) is 0 Å². The number of carbonyl (C=O) groups is 1. The fourth-order valence-electron chi connectivity index (χ4n) is 1.14. The van der Waals surface area contributed by atoms with Gasteiger partial charge in [-0.3, -0.25) is 4.79 Å². The number of halogens is 1. The van der Waals surface area contributed by atoms with Gasteiger partial charge in [-0.2, -0.15) is 0 Å². The Hall–Kier alpha value is -0.350. The van der Waals surface area contributed by atoms with Crippen LogP contribution >= 0.6 is 27.3 Å². The third-order valence-corrected chi connectivity index (χ3v) is 4.50. The second-order valence-corrected chi connectivity index (χ2v) is 4.80. The Kier molecular flexibility index (Phi) is 3.50. The Bertz CT molecular complexity index is 319. The molecule has 0 bridgehead atoms.